The predicted molar refractivity (Wildman–Crippen MR) is 71.5 cm³/mol. The third-order valence-electron chi connectivity index (χ3n) is 3.78. The Morgan fingerprint density at radius 1 is 1.31 bits per heavy atom. The largest absolute Gasteiger partial charge is 0.330 e. The molecule has 1 rings (SSSR count). The van der Waals surface area contributed by atoms with Crippen LogP contribution in [0, 0.1) is 5.92 Å². The Hall–Kier alpha value is -0.340. The lowest BCUT2D eigenvalue weighted by atomic mass is 9.83. The van der Waals surface area contributed by atoms with Gasteiger partial charge < -0.3 is 5.73 Å². The molecule has 0 aromatic rings. The van der Waals surface area contributed by atoms with Gasteiger partial charge in [0, 0.05) is 12.6 Å². The molecule has 0 saturated heterocycles. The van der Waals surface area contributed by atoms with Crippen molar-refractivity contribution < 1.29 is 0 Å². The Labute approximate surface area is 101 Å². The van der Waals surface area contributed by atoms with Crippen LogP contribution in [0.25, 0.3) is 0 Å². The summed E-state index contributed by atoms with van der Waals surface area (Å²) in [7, 11) is 0. The van der Waals surface area contributed by atoms with E-state index in [-0.39, 0.29) is 0 Å². The van der Waals surface area contributed by atoms with Gasteiger partial charge in [0.1, 0.15) is 0 Å². The highest BCUT2D eigenvalue weighted by molar-refractivity contribution is 4.96. The third-order valence-corrected chi connectivity index (χ3v) is 3.78. The lowest BCUT2D eigenvalue weighted by Gasteiger charge is -2.38. The van der Waals surface area contributed by atoms with Gasteiger partial charge in [0.15, 0.2) is 0 Å². The van der Waals surface area contributed by atoms with E-state index in [9.17, 15) is 0 Å². The number of rotatable bonds is 5. The fraction of sp³-hybridized carbons (Fsp3) is 0.857. The minimum atomic E-state index is 0.722. The average Bonchev–Trinajstić information content (AvgIpc) is 2.30. The van der Waals surface area contributed by atoms with E-state index in [0.29, 0.717) is 0 Å². The van der Waals surface area contributed by atoms with Crippen molar-refractivity contribution in [1.29, 1.82) is 0 Å². The zero-order valence-electron chi connectivity index (χ0n) is 11.2. The molecule has 0 bridgehead atoms. The number of nitrogens with zero attached hydrogens (tertiary/aromatic N) is 1. The second-order valence-corrected chi connectivity index (χ2v) is 5.22. The van der Waals surface area contributed by atoms with Crippen molar-refractivity contribution in [3.8, 4) is 0 Å². The molecule has 1 aliphatic rings. The third kappa shape index (κ3) is 3.91. The van der Waals surface area contributed by atoms with Gasteiger partial charge in [-0.1, -0.05) is 31.4 Å². The standard InChI is InChI=1S/C14H28N2/c1-4-16(10-9-12(2)3)14-8-6-5-7-13(14)11-15/h9,13-14H,4-8,10-11,15H2,1-3H3. The van der Waals surface area contributed by atoms with Gasteiger partial charge in [0.25, 0.3) is 0 Å². The molecular formula is C14H28N2. The van der Waals surface area contributed by atoms with Crippen molar-refractivity contribution >= 4 is 0 Å². The van der Waals surface area contributed by atoms with Gasteiger partial charge in [-0.05, 0) is 45.7 Å². The predicted octanol–water partition coefficient (Wildman–Crippen LogP) is 2.79. The Balaban J connectivity index is 2.58. The summed E-state index contributed by atoms with van der Waals surface area (Å²) in [6, 6.07) is 0.722. The molecule has 0 aromatic heterocycles. The maximum atomic E-state index is 5.90. The number of hydrogen-bond acceptors (Lipinski definition) is 2. The SMILES string of the molecule is CCN(CC=C(C)C)C1CCCCC1CN. The lowest BCUT2D eigenvalue weighted by Crippen LogP contribution is -2.45. The summed E-state index contributed by atoms with van der Waals surface area (Å²) < 4.78 is 0. The first-order chi connectivity index (χ1) is 7.69. The molecule has 94 valence electrons. The number of hydrogen-bond donors (Lipinski definition) is 1. The normalized spacial score (nSPS) is 25.8. The average molecular weight is 224 g/mol. The first-order valence-corrected chi connectivity index (χ1v) is 6.76. The van der Waals surface area contributed by atoms with E-state index in [4.69, 9.17) is 5.73 Å². The molecule has 1 aliphatic carbocycles. The Bertz CT molecular complexity index is 219. The van der Waals surface area contributed by atoms with E-state index >= 15 is 0 Å². The first-order valence-electron chi connectivity index (χ1n) is 6.76. The molecule has 0 aliphatic heterocycles. The molecular weight excluding hydrogens is 196 g/mol. The molecule has 2 N–H and O–H groups in total. The van der Waals surface area contributed by atoms with Crippen molar-refractivity contribution in [3.05, 3.63) is 11.6 Å². The zero-order chi connectivity index (χ0) is 12.0. The second-order valence-electron chi connectivity index (χ2n) is 5.22. The number of likely N-dealkylation sites (N-methyl/N-ethyl adjacent to an activating group) is 1. The van der Waals surface area contributed by atoms with Crippen LogP contribution in [0.2, 0.25) is 0 Å². The molecule has 2 heteroatoms. The van der Waals surface area contributed by atoms with Crippen LogP contribution in [0.1, 0.15) is 46.5 Å². The van der Waals surface area contributed by atoms with Gasteiger partial charge in [0.2, 0.25) is 0 Å². The molecule has 1 fully saturated rings. The highest BCUT2D eigenvalue weighted by atomic mass is 15.2. The highest BCUT2D eigenvalue weighted by Gasteiger charge is 2.27. The van der Waals surface area contributed by atoms with E-state index in [1.165, 1.54) is 31.3 Å². The monoisotopic (exact) mass is 224 g/mol. The van der Waals surface area contributed by atoms with Crippen molar-refractivity contribution in [2.24, 2.45) is 11.7 Å². The molecule has 0 aromatic carbocycles. The van der Waals surface area contributed by atoms with Crippen molar-refractivity contribution in [1.82, 2.24) is 4.90 Å². The molecule has 2 atom stereocenters. The van der Waals surface area contributed by atoms with Crippen LogP contribution in [-0.4, -0.2) is 30.6 Å². The van der Waals surface area contributed by atoms with E-state index in [1.54, 1.807) is 0 Å². The smallest absolute Gasteiger partial charge is 0.0168 e. The maximum Gasteiger partial charge on any atom is 0.0168 e. The molecule has 0 radical (unpaired) electrons. The maximum absolute atomic E-state index is 5.90. The zero-order valence-corrected chi connectivity index (χ0v) is 11.2. The molecule has 0 spiro atoms. The van der Waals surface area contributed by atoms with Gasteiger partial charge >= 0.3 is 0 Å². The fourth-order valence-electron chi connectivity index (χ4n) is 2.74. The topological polar surface area (TPSA) is 29.3 Å². The van der Waals surface area contributed by atoms with E-state index < -0.39 is 0 Å². The minimum absolute atomic E-state index is 0.722. The summed E-state index contributed by atoms with van der Waals surface area (Å²) in [5.74, 6) is 0.722. The Morgan fingerprint density at radius 2 is 2.00 bits per heavy atom. The summed E-state index contributed by atoms with van der Waals surface area (Å²) in [5, 5.41) is 0. The van der Waals surface area contributed by atoms with Crippen LogP contribution in [-0.2, 0) is 0 Å². The van der Waals surface area contributed by atoms with Crippen LogP contribution >= 0.6 is 0 Å². The molecule has 2 unspecified atom stereocenters. The Kier molecular flexibility index (Phi) is 6.07. The van der Waals surface area contributed by atoms with Gasteiger partial charge in [-0.3, -0.25) is 4.90 Å². The number of nitrogens with two attached hydrogens (primary N) is 1. The van der Waals surface area contributed by atoms with Crippen molar-refractivity contribution in [3.63, 3.8) is 0 Å². The minimum Gasteiger partial charge on any atom is -0.330 e. The Morgan fingerprint density at radius 3 is 2.56 bits per heavy atom. The van der Waals surface area contributed by atoms with Gasteiger partial charge in [0.05, 0.1) is 0 Å². The quantitative estimate of drug-likeness (QED) is 0.728. The molecule has 0 amide bonds. The van der Waals surface area contributed by atoms with E-state index in [2.05, 4.69) is 31.7 Å². The molecule has 16 heavy (non-hydrogen) atoms. The van der Waals surface area contributed by atoms with E-state index in [0.717, 1.165) is 31.6 Å². The summed E-state index contributed by atoms with van der Waals surface area (Å²) in [5.41, 5.74) is 7.32. The van der Waals surface area contributed by atoms with Crippen molar-refractivity contribution in [2.45, 2.75) is 52.5 Å². The van der Waals surface area contributed by atoms with Crippen LogP contribution in [0.15, 0.2) is 11.6 Å². The second kappa shape index (κ2) is 7.08. The summed E-state index contributed by atoms with van der Waals surface area (Å²) in [6.45, 7) is 9.71. The summed E-state index contributed by atoms with van der Waals surface area (Å²) in [4.78, 5) is 2.60. The van der Waals surface area contributed by atoms with E-state index in [1.807, 2.05) is 0 Å². The molecule has 0 heterocycles. The lowest BCUT2D eigenvalue weighted by molar-refractivity contribution is 0.124. The molecule has 1 saturated carbocycles. The van der Waals surface area contributed by atoms with Crippen molar-refractivity contribution in [2.75, 3.05) is 19.6 Å². The van der Waals surface area contributed by atoms with Gasteiger partial charge in [-0.2, -0.15) is 0 Å². The number of allylic oxidation sites excluding steroid dienone is 1. The first kappa shape index (κ1) is 13.7. The van der Waals surface area contributed by atoms with Crippen LogP contribution in [0.5, 0.6) is 0 Å². The fourth-order valence-corrected chi connectivity index (χ4v) is 2.74. The van der Waals surface area contributed by atoms with Crippen LogP contribution < -0.4 is 5.73 Å². The summed E-state index contributed by atoms with van der Waals surface area (Å²) in [6.07, 6.45) is 7.76. The van der Waals surface area contributed by atoms with Crippen LogP contribution in [0.3, 0.4) is 0 Å². The van der Waals surface area contributed by atoms with Gasteiger partial charge in [-0.25, -0.2) is 0 Å². The molecule has 2 nitrogen and oxygen atoms in total. The highest BCUT2D eigenvalue weighted by Crippen LogP contribution is 2.27. The summed E-state index contributed by atoms with van der Waals surface area (Å²) >= 11 is 0. The van der Waals surface area contributed by atoms with Gasteiger partial charge in [-0.15, -0.1) is 0 Å². The van der Waals surface area contributed by atoms with Crippen LogP contribution in [0.4, 0.5) is 0 Å².